The van der Waals surface area contributed by atoms with Crippen molar-refractivity contribution in [2.75, 3.05) is 4.72 Å². The smallest absolute Gasteiger partial charge is 0.283 e. The molecule has 0 fully saturated rings. The normalized spacial score (nSPS) is 12.1. The third kappa shape index (κ3) is 5.61. The number of benzene rings is 2. The van der Waals surface area contributed by atoms with Crippen LogP contribution in [0.4, 0.5) is 18.9 Å². The van der Waals surface area contributed by atoms with Crippen molar-refractivity contribution in [2.45, 2.75) is 16.2 Å². The lowest BCUT2D eigenvalue weighted by Gasteiger charge is -2.10. The van der Waals surface area contributed by atoms with Gasteiger partial charge in [-0.3, -0.25) is 4.72 Å². The number of anilines is 1. The van der Waals surface area contributed by atoms with Crippen LogP contribution < -0.4 is 4.72 Å². The maximum Gasteiger partial charge on any atom is 0.446 e. The highest BCUT2D eigenvalue weighted by Crippen LogP contribution is 2.37. The number of thioether (sulfide) groups is 1. The molecule has 118 valence electrons. The molecule has 0 aliphatic carbocycles. The van der Waals surface area contributed by atoms with E-state index in [4.69, 9.17) is 0 Å². The third-order valence-corrected chi connectivity index (χ3v) is 4.52. The van der Waals surface area contributed by atoms with Crippen LogP contribution in [0.3, 0.4) is 0 Å². The van der Waals surface area contributed by atoms with Gasteiger partial charge in [-0.2, -0.15) is 13.2 Å². The molecule has 0 heterocycles. The number of sulfonamides is 1. The van der Waals surface area contributed by atoms with E-state index in [0.29, 0.717) is 5.56 Å². The van der Waals surface area contributed by atoms with Crippen LogP contribution in [0.2, 0.25) is 0 Å². The first-order valence-electron chi connectivity index (χ1n) is 6.14. The van der Waals surface area contributed by atoms with Crippen LogP contribution in [-0.2, 0) is 15.8 Å². The molecule has 22 heavy (non-hydrogen) atoms. The summed E-state index contributed by atoms with van der Waals surface area (Å²) in [5, 5.41) is 0. The summed E-state index contributed by atoms with van der Waals surface area (Å²) in [7, 11) is -3.69. The summed E-state index contributed by atoms with van der Waals surface area (Å²) in [5.74, 6) is -0.246. The molecule has 0 saturated heterocycles. The van der Waals surface area contributed by atoms with Gasteiger partial charge in [0.2, 0.25) is 10.0 Å². The number of hydrogen-bond donors (Lipinski definition) is 1. The summed E-state index contributed by atoms with van der Waals surface area (Å²) in [6, 6.07) is 13.7. The summed E-state index contributed by atoms with van der Waals surface area (Å²) in [6.45, 7) is 0. The van der Waals surface area contributed by atoms with Gasteiger partial charge in [-0.15, -0.1) is 0 Å². The van der Waals surface area contributed by atoms with Crippen molar-refractivity contribution >= 4 is 27.5 Å². The van der Waals surface area contributed by atoms with Crippen molar-refractivity contribution in [1.29, 1.82) is 0 Å². The molecule has 3 nitrogen and oxygen atoms in total. The van der Waals surface area contributed by atoms with Crippen molar-refractivity contribution in [3.05, 3.63) is 60.2 Å². The molecule has 0 radical (unpaired) electrons. The maximum absolute atomic E-state index is 12.3. The van der Waals surface area contributed by atoms with E-state index in [0.717, 1.165) is 6.07 Å². The molecule has 0 aliphatic rings. The van der Waals surface area contributed by atoms with Crippen molar-refractivity contribution in [3.63, 3.8) is 0 Å². The summed E-state index contributed by atoms with van der Waals surface area (Å²) < 4.78 is 63.3. The van der Waals surface area contributed by atoms with Crippen molar-refractivity contribution in [2.24, 2.45) is 0 Å². The Morgan fingerprint density at radius 2 is 1.68 bits per heavy atom. The Kier molecular flexibility index (Phi) is 5.02. The maximum atomic E-state index is 12.3. The molecule has 2 aromatic rings. The second kappa shape index (κ2) is 6.62. The Morgan fingerprint density at radius 3 is 2.32 bits per heavy atom. The molecule has 0 amide bonds. The SMILES string of the molecule is O=S(=O)(Cc1ccccc1)Nc1cccc(SC(F)(F)F)c1. The van der Waals surface area contributed by atoms with Gasteiger partial charge in [0.25, 0.3) is 0 Å². The topological polar surface area (TPSA) is 46.2 Å². The number of hydrogen-bond acceptors (Lipinski definition) is 3. The Labute approximate surface area is 130 Å². The molecule has 0 spiro atoms. The van der Waals surface area contributed by atoms with Crippen LogP contribution in [-0.4, -0.2) is 13.9 Å². The Balaban J connectivity index is 2.11. The van der Waals surface area contributed by atoms with Gasteiger partial charge in [0, 0.05) is 10.6 Å². The molecule has 0 atom stereocenters. The van der Waals surface area contributed by atoms with Crippen molar-refractivity contribution < 1.29 is 21.6 Å². The number of nitrogens with one attached hydrogen (secondary N) is 1. The van der Waals surface area contributed by atoms with E-state index in [2.05, 4.69) is 4.72 Å². The van der Waals surface area contributed by atoms with Crippen LogP contribution in [0.5, 0.6) is 0 Å². The highest BCUT2D eigenvalue weighted by Gasteiger charge is 2.29. The lowest BCUT2D eigenvalue weighted by molar-refractivity contribution is -0.0328. The van der Waals surface area contributed by atoms with Crippen molar-refractivity contribution in [1.82, 2.24) is 0 Å². The minimum Gasteiger partial charge on any atom is -0.283 e. The van der Waals surface area contributed by atoms with E-state index in [-0.39, 0.29) is 28.1 Å². The lowest BCUT2D eigenvalue weighted by atomic mass is 10.2. The molecular weight excluding hydrogens is 335 g/mol. The fourth-order valence-electron chi connectivity index (χ4n) is 1.77. The first kappa shape index (κ1) is 16.7. The summed E-state index contributed by atoms with van der Waals surface area (Å²) in [6.07, 6.45) is 0. The van der Waals surface area contributed by atoms with Crippen LogP contribution in [0.25, 0.3) is 0 Å². The van der Waals surface area contributed by atoms with Crippen LogP contribution in [0.15, 0.2) is 59.5 Å². The van der Waals surface area contributed by atoms with Crippen LogP contribution in [0.1, 0.15) is 5.56 Å². The van der Waals surface area contributed by atoms with Crippen LogP contribution >= 0.6 is 11.8 Å². The minimum atomic E-state index is -4.42. The third-order valence-electron chi connectivity index (χ3n) is 2.54. The van der Waals surface area contributed by atoms with Crippen LogP contribution in [0, 0.1) is 0 Å². The zero-order chi connectivity index (χ0) is 16.2. The summed E-state index contributed by atoms with van der Waals surface area (Å²) >= 11 is -0.290. The van der Waals surface area contributed by atoms with E-state index in [1.807, 2.05) is 0 Å². The van der Waals surface area contributed by atoms with E-state index in [9.17, 15) is 21.6 Å². The molecule has 2 rings (SSSR count). The largest absolute Gasteiger partial charge is 0.446 e. The van der Waals surface area contributed by atoms with Gasteiger partial charge in [0.1, 0.15) is 0 Å². The molecule has 0 bridgehead atoms. The lowest BCUT2D eigenvalue weighted by Crippen LogP contribution is -2.15. The molecule has 0 aromatic heterocycles. The van der Waals surface area contributed by atoms with Gasteiger partial charge in [0.05, 0.1) is 5.75 Å². The van der Waals surface area contributed by atoms with Gasteiger partial charge in [-0.05, 0) is 35.5 Å². The average Bonchev–Trinajstić information content (AvgIpc) is 2.36. The van der Waals surface area contributed by atoms with E-state index < -0.39 is 15.5 Å². The van der Waals surface area contributed by atoms with E-state index >= 15 is 0 Å². The second-order valence-electron chi connectivity index (χ2n) is 4.42. The molecule has 0 saturated carbocycles. The Hall–Kier alpha value is -1.67. The first-order valence-corrected chi connectivity index (χ1v) is 8.61. The molecule has 1 N–H and O–H groups in total. The highest BCUT2D eigenvalue weighted by atomic mass is 32.2. The van der Waals surface area contributed by atoms with Crippen molar-refractivity contribution in [3.8, 4) is 0 Å². The standard InChI is InChI=1S/C14H12F3NO2S2/c15-14(16,17)21-13-8-4-7-12(9-13)18-22(19,20)10-11-5-2-1-3-6-11/h1-9,18H,10H2. The second-order valence-corrected chi connectivity index (χ2v) is 7.28. The molecular formula is C14H12F3NO2S2. The van der Waals surface area contributed by atoms with Gasteiger partial charge >= 0.3 is 5.51 Å². The minimum absolute atomic E-state index is 0.0765. The number of rotatable bonds is 5. The highest BCUT2D eigenvalue weighted by molar-refractivity contribution is 8.00. The quantitative estimate of drug-likeness (QED) is 0.823. The zero-order valence-corrected chi connectivity index (χ0v) is 12.8. The average molecular weight is 347 g/mol. The predicted molar refractivity (Wildman–Crippen MR) is 81.0 cm³/mol. The summed E-state index contributed by atoms with van der Waals surface area (Å²) in [4.78, 5) is -0.0765. The first-order chi connectivity index (χ1) is 10.2. The zero-order valence-electron chi connectivity index (χ0n) is 11.2. The van der Waals surface area contributed by atoms with E-state index in [1.165, 1.54) is 18.2 Å². The molecule has 2 aromatic carbocycles. The fraction of sp³-hybridized carbons (Fsp3) is 0.143. The van der Waals surface area contributed by atoms with Gasteiger partial charge < -0.3 is 0 Å². The fourth-order valence-corrected chi connectivity index (χ4v) is 3.56. The summed E-state index contributed by atoms with van der Waals surface area (Å²) in [5.41, 5.74) is -3.72. The monoisotopic (exact) mass is 347 g/mol. The Bertz CT molecular complexity index is 731. The molecule has 0 unspecified atom stereocenters. The van der Waals surface area contributed by atoms with E-state index in [1.54, 1.807) is 30.3 Å². The van der Waals surface area contributed by atoms with Gasteiger partial charge in [-0.25, -0.2) is 8.42 Å². The van der Waals surface area contributed by atoms with Gasteiger partial charge in [-0.1, -0.05) is 36.4 Å². The Morgan fingerprint density at radius 1 is 1.00 bits per heavy atom. The molecule has 0 aliphatic heterocycles. The number of halogens is 3. The number of alkyl halides is 3. The predicted octanol–water partition coefficient (Wildman–Crippen LogP) is 4.24. The molecule has 8 heteroatoms. The van der Waals surface area contributed by atoms with Gasteiger partial charge in [0.15, 0.2) is 0 Å².